The van der Waals surface area contributed by atoms with E-state index in [0.29, 0.717) is 17.7 Å². The number of nitrogens with zero attached hydrogens (tertiary/aromatic N) is 4. The Morgan fingerprint density at radius 2 is 2.06 bits per heavy atom. The molecule has 31 heavy (non-hydrogen) atoms. The van der Waals surface area contributed by atoms with E-state index in [2.05, 4.69) is 20.2 Å². The van der Waals surface area contributed by atoms with E-state index in [1.165, 1.54) is 12.1 Å². The number of rotatable bonds is 6. The molecule has 0 bridgehead atoms. The summed E-state index contributed by atoms with van der Waals surface area (Å²) >= 11 is 0. The van der Waals surface area contributed by atoms with Crippen LogP contribution in [0, 0.1) is 5.82 Å². The average Bonchev–Trinajstić information content (AvgIpc) is 3.27. The van der Waals surface area contributed by atoms with E-state index in [-0.39, 0.29) is 29.3 Å². The molecule has 3 heterocycles. The van der Waals surface area contributed by atoms with E-state index in [1.54, 1.807) is 54.8 Å². The summed E-state index contributed by atoms with van der Waals surface area (Å²) in [6, 6.07) is 9.27. The van der Waals surface area contributed by atoms with Gasteiger partial charge in [-0.1, -0.05) is 12.1 Å². The van der Waals surface area contributed by atoms with Crippen molar-refractivity contribution in [2.24, 2.45) is 0 Å². The Labute approximate surface area is 178 Å². The second kappa shape index (κ2) is 8.51. The van der Waals surface area contributed by atoms with Gasteiger partial charge in [0, 0.05) is 36.0 Å². The van der Waals surface area contributed by atoms with Crippen molar-refractivity contribution in [3.05, 3.63) is 72.1 Å². The fourth-order valence-corrected chi connectivity index (χ4v) is 3.45. The molecule has 3 aromatic heterocycles. The number of hydrogen-bond donors (Lipinski definition) is 1. The molecule has 0 aliphatic rings. The van der Waals surface area contributed by atoms with Crippen molar-refractivity contribution in [1.82, 2.24) is 25.1 Å². The maximum absolute atomic E-state index is 13.7. The zero-order valence-corrected chi connectivity index (χ0v) is 17.5. The quantitative estimate of drug-likeness (QED) is 0.501. The van der Waals surface area contributed by atoms with Gasteiger partial charge < -0.3 is 9.64 Å². The number of ether oxygens (including phenoxy) is 1. The van der Waals surface area contributed by atoms with E-state index in [0.717, 1.165) is 16.5 Å². The Morgan fingerprint density at radius 3 is 2.84 bits per heavy atom. The van der Waals surface area contributed by atoms with Gasteiger partial charge in [-0.3, -0.25) is 14.9 Å². The van der Waals surface area contributed by atoms with Crippen LogP contribution in [0.3, 0.4) is 0 Å². The Balaban J connectivity index is 1.66. The van der Waals surface area contributed by atoms with Gasteiger partial charge in [-0.15, -0.1) is 0 Å². The molecule has 4 aromatic rings. The Bertz CT molecular complexity index is 1240. The lowest BCUT2D eigenvalue weighted by molar-refractivity contribution is 0.0736. The molecule has 0 radical (unpaired) electrons. The topological polar surface area (TPSA) is 84.0 Å². The van der Waals surface area contributed by atoms with Crippen LogP contribution in [-0.2, 0) is 0 Å². The lowest BCUT2D eigenvalue weighted by Gasteiger charge is -2.25. The summed E-state index contributed by atoms with van der Waals surface area (Å²) in [4.78, 5) is 23.5. The third kappa shape index (κ3) is 3.96. The minimum absolute atomic E-state index is 0.239. The van der Waals surface area contributed by atoms with Crippen LogP contribution >= 0.6 is 0 Å². The van der Waals surface area contributed by atoms with Crippen LogP contribution in [0.15, 0.2) is 55.0 Å². The van der Waals surface area contributed by atoms with Crippen LogP contribution in [0.2, 0.25) is 0 Å². The average molecular weight is 419 g/mol. The second-order valence-corrected chi connectivity index (χ2v) is 7.15. The number of halogens is 1. The highest BCUT2D eigenvalue weighted by atomic mass is 19.1. The summed E-state index contributed by atoms with van der Waals surface area (Å²) in [5.74, 6) is -0.330. The van der Waals surface area contributed by atoms with E-state index < -0.39 is 0 Å². The summed E-state index contributed by atoms with van der Waals surface area (Å²) < 4.78 is 19.4. The highest BCUT2D eigenvalue weighted by molar-refractivity contribution is 5.93. The summed E-state index contributed by atoms with van der Waals surface area (Å²) in [7, 11) is 1.71. The fraction of sp³-hybridized carbons (Fsp3) is 0.217. The number of amides is 1. The van der Waals surface area contributed by atoms with Crippen molar-refractivity contribution in [3.63, 3.8) is 0 Å². The first-order chi connectivity index (χ1) is 15.0. The number of fused-ring (bicyclic) bond motifs is 1. The molecule has 0 saturated heterocycles. The predicted octanol–water partition coefficient (Wildman–Crippen LogP) is 4.39. The number of H-pyrrole nitrogens is 1. The van der Waals surface area contributed by atoms with Gasteiger partial charge in [0.1, 0.15) is 11.5 Å². The molecule has 158 valence electrons. The second-order valence-electron chi connectivity index (χ2n) is 7.15. The van der Waals surface area contributed by atoms with Gasteiger partial charge in [-0.25, -0.2) is 9.37 Å². The number of benzene rings is 1. The standard InChI is InChI=1S/C23H22FN5O2/c1-4-31-22-18(15-6-5-7-17(24)10-15)8-9-20(27-22)23(30)29(3)14(2)19-13-25-11-16-12-26-28-21(16)19/h5-14H,4H2,1-3H3,(H,26,28)/t14-/m1/s1. The number of hydrogen-bond acceptors (Lipinski definition) is 5. The maximum atomic E-state index is 13.7. The molecule has 8 heteroatoms. The van der Waals surface area contributed by atoms with Crippen LogP contribution in [0.1, 0.15) is 35.9 Å². The molecule has 0 fully saturated rings. The summed E-state index contributed by atoms with van der Waals surface area (Å²) in [6.07, 6.45) is 5.14. The Hall–Kier alpha value is -3.81. The van der Waals surface area contributed by atoms with Crippen molar-refractivity contribution in [2.45, 2.75) is 19.9 Å². The highest BCUT2D eigenvalue weighted by Gasteiger charge is 2.23. The van der Waals surface area contributed by atoms with E-state index >= 15 is 0 Å². The molecular weight excluding hydrogens is 397 g/mol. The van der Waals surface area contributed by atoms with Crippen LogP contribution < -0.4 is 4.74 Å². The minimum Gasteiger partial charge on any atom is -0.478 e. The molecule has 0 unspecified atom stereocenters. The molecule has 1 amide bonds. The number of aromatic nitrogens is 4. The van der Waals surface area contributed by atoms with Gasteiger partial charge in [0.25, 0.3) is 5.91 Å². The van der Waals surface area contributed by atoms with Crippen molar-refractivity contribution >= 4 is 16.8 Å². The molecule has 1 N–H and O–H groups in total. The smallest absolute Gasteiger partial charge is 0.272 e. The van der Waals surface area contributed by atoms with E-state index in [4.69, 9.17) is 4.74 Å². The molecule has 1 atom stereocenters. The monoisotopic (exact) mass is 419 g/mol. The van der Waals surface area contributed by atoms with Crippen LogP contribution in [0.5, 0.6) is 5.88 Å². The first-order valence-electron chi connectivity index (χ1n) is 9.93. The summed E-state index contributed by atoms with van der Waals surface area (Å²) in [5, 5.41) is 7.90. The number of nitrogens with one attached hydrogen (secondary N) is 1. The van der Waals surface area contributed by atoms with Gasteiger partial charge in [-0.2, -0.15) is 5.10 Å². The Morgan fingerprint density at radius 1 is 1.23 bits per heavy atom. The molecular formula is C23H22FN5O2. The van der Waals surface area contributed by atoms with Crippen molar-refractivity contribution in [2.75, 3.05) is 13.7 Å². The molecule has 0 aliphatic heterocycles. The van der Waals surface area contributed by atoms with Crippen molar-refractivity contribution in [3.8, 4) is 17.0 Å². The highest BCUT2D eigenvalue weighted by Crippen LogP contribution is 2.31. The van der Waals surface area contributed by atoms with Crippen LogP contribution in [-0.4, -0.2) is 44.6 Å². The molecule has 7 nitrogen and oxygen atoms in total. The SMILES string of the molecule is CCOc1nc(C(=O)N(C)[C@H](C)c2cncc3cn[nH]c23)ccc1-c1cccc(F)c1. The summed E-state index contributed by atoms with van der Waals surface area (Å²) in [5.41, 5.74) is 3.19. The zero-order chi connectivity index (χ0) is 22.0. The third-order valence-electron chi connectivity index (χ3n) is 5.23. The van der Waals surface area contributed by atoms with Crippen molar-refractivity contribution in [1.29, 1.82) is 0 Å². The van der Waals surface area contributed by atoms with Gasteiger partial charge >= 0.3 is 0 Å². The first-order valence-corrected chi connectivity index (χ1v) is 9.93. The van der Waals surface area contributed by atoms with Crippen LogP contribution in [0.25, 0.3) is 22.0 Å². The number of carbonyl (C=O) groups is 1. The van der Waals surface area contributed by atoms with E-state index in [1.807, 2.05) is 13.8 Å². The van der Waals surface area contributed by atoms with E-state index in [9.17, 15) is 9.18 Å². The third-order valence-corrected chi connectivity index (χ3v) is 5.23. The summed E-state index contributed by atoms with van der Waals surface area (Å²) in [6.45, 7) is 4.12. The fourth-order valence-electron chi connectivity index (χ4n) is 3.45. The van der Waals surface area contributed by atoms with Gasteiger partial charge in [0.2, 0.25) is 5.88 Å². The number of pyridine rings is 2. The predicted molar refractivity (Wildman–Crippen MR) is 115 cm³/mol. The van der Waals surface area contributed by atoms with Crippen molar-refractivity contribution < 1.29 is 13.9 Å². The van der Waals surface area contributed by atoms with Crippen LogP contribution in [0.4, 0.5) is 4.39 Å². The van der Waals surface area contributed by atoms with Gasteiger partial charge in [0.05, 0.1) is 24.4 Å². The lowest BCUT2D eigenvalue weighted by atomic mass is 10.1. The first kappa shape index (κ1) is 20.5. The van der Waals surface area contributed by atoms with Gasteiger partial charge in [0.15, 0.2) is 0 Å². The maximum Gasteiger partial charge on any atom is 0.272 e. The minimum atomic E-state index is -0.352. The lowest BCUT2D eigenvalue weighted by Crippen LogP contribution is -2.30. The van der Waals surface area contributed by atoms with Gasteiger partial charge in [-0.05, 0) is 43.7 Å². The zero-order valence-electron chi connectivity index (χ0n) is 17.5. The number of aromatic amines is 1. The Kier molecular flexibility index (Phi) is 5.62. The molecule has 1 aromatic carbocycles. The molecule has 0 saturated carbocycles. The molecule has 0 spiro atoms. The molecule has 0 aliphatic carbocycles. The number of carbonyl (C=O) groups excluding carboxylic acids is 1. The largest absolute Gasteiger partial charge is 0.478 e. The molecule has 4 rings (SSSR count). The normalized spacial score (nSPS) is 12.0.